The van der Waals surface area contributed by atoms with Gasteiger partial charge in [0.1, 0.15) is 16.7 Å². The van der Waals surface area contributed by atoms with Gasteiger partial charge in [0.2, 0.25) is 0 Å². The van der Waals surface area contributed by atoms with Crippen molar-refractivity contribution in [1.82, 2.24) is 29.9 Å². The van der Waals surface area contributed by atoms with Crippen molar-refractivity contribution in [1.29, 1.82) is 0 Å². The molecular formula is C131H122Ir3N6O3Si3-6. The number of hydrogen-bond donors (Lipinski definition) is 0. The van der Waals surface area contributed by atoms with Gasteiger partial charge in [0.05, 0.1) is 41.0 Å². The Morgan fingerprint density at radius 3 is 1.19 bits per heavy atom. The summed E-state index contributed by atoms with van der Waals surface area (Å²) in [5.41, 5.74) is 32.6. The van der Waals surface area contributed by atoms with Crippen molar-refractivity contribution < 1.29 is 73.6 Å². The number of nitrogens with zero attached hydrogens (tertiary/aromatic N) is 6. The predicted molar refractivity (Wildman–Crippen MR) is 606 cm³/mol. The van der Waals surface area contributed by atoms with Crippen LogP contribution in [0.2, 0.25) is 58.9 Å². The topological polar surface area (TPSA) is 117 Å². The molecule has 146 heavy (non-hydrogen) atoms. The number of fused-ring (bicyclic) bond motifs is 9. The molecule has 0 saturated heterocycles. The number of aryl methyl sites for hydroxylation is 1. The van der Waals surface area contributed by atoms with Gasteiger partial charge in [0.25, 0.3) is 0 Å². The van der Waals surface area contributed by atoms with Gasteiger partial charge >= 0.3 is 0 Å². The van der Waals surface area contributed by atoms with Gasteiger partial charge in [0.15, 0.2) is 0 Å². The normalized spacial score (nSPS) is 11.3. The molecule has 0 aliphatic carbocycles. The third kappa shape index (κ3) is 27.0. The maximum Gasteiger partial charge on any atom is 0.124 e. The third-order valence-corrected chi connectivity index (χ3v) is 31.7. The van der Waals surface area contributed by atoms with Crippen LogP contribution in [0.3, 0.4) is 0 Å². The van der Waals surface area contributed by atoms with Crippen LogP contribution >= 0.6 is 0 Å². The van der Waals surface area contributed by atoms with Crippen LogP contribution in [0.1, 0.15) is 109 Å². The molecule has 0 fully saturated rings. The third-order valence-electron chi connectivity index (χ3n) is 25.6. The molecule has 0 saturated carbocycles. The molecule has 0 unspecified atom stereocenters. The van der Waals surface area contributed by atoms with Gasteiger partial charge in [0, 0.05) is 120 Å². The van der Waals surface area contributed by atoms with Crippen LogP contribution in [-0.4, -0.2) is 54.1 Å². The van der Waals surface area contributed by atoms with Crippen molar-refractivity contribution >= 4 is 106 Å². The Labute approximate surface area is 905 Å². The van der Waals surface area contributed by atoms with Gasteiger partial charge in [-0.3, -0.25) is 0 Å². The van der Waals surface area contributed by atoms with E-state index in [4.69, 9.17) is 23.2 Å². The maximum absolute atomic E-state index is 6.37. The Morgan fingerprint density at radius 1 is 0.274 bits per heavy atom. The van der Waals surface area contributed by atoms with E-state index in [0.29, 0.717) is 17.8 Å². The molecular weight excluding hydrogens is 2370 g/mol. The average molecular weight is 2490 g/mol. The van der Waals surface area contributed by atoms with E-state index in [2.05, 4.69) is 401 Å². The van der Waals surface area contributed by atoms with E-state index in [9.17, 15) is 0 Å². The molecule has 22 rings (SSSR count). The molecule has 0 bridgehead atoms. The number of furan rings is 3. The number of rotatable bonds is 20. The fourth-order valence-corrected chi connectivity index (χ4v) is 23.3. The monoisotopic (exact) mass is 2490 g/mol. The van der Waals surface area contributed by atoms with Gasteiger partial charge in [-0.25, -0.2) is 0 Å². The maximum atomic E-state index is 6.37. The summed E-state index contributed by atoms with van der Waals surface area (Å²) in [7, 11) is -4.09. The first kappa shape index (κ1) is 108. The minimum Gasteiger partial charge on any atom is -0.501 e. The van der Waals surface area contributed by atoms with Crippen LogP contribution in [0.25, 0.3) is 144 Å². The molecule has 739 valence electrons. The SMILES string of the molecule is CC(C)Cc1cc(-c2[c-]cccc2)ncc1[Si](C)(C)C.CC(C)c1cc(-c2[c-]ccc(-c3ccccc3)c2)ncc1[Si](C)(C)C.Cc1c[c-]c(-c2cc(C(C)C)c([Si](C)(C)C)cn2)cc1.[Ir].[Ir].[Ir].[c-]1ccc2c(oc3c(Cc4ccccc4)cccc32)c1-c1ccccn1.[c-]1ccc2c(oc3cc(Cc4ccccc4)ccc32)c1-c1ccccn1.[c-]1ccc2c(oc3ccc(Cc4ccccc4)cc32)c1-c1ccccn1. The molecule has 0 N–H and O–H groups in total. The minimum atomic E-state index is -1.40. The van der Waals surface area contributed by atoms with Gasteiger partial charge in [-0.2, -0.15) is 0 Å². The summed E-state index contributed by atoms with van der Waals surface area (Å²) in [6, 6.07) is 138. The summed E-state index contributed by atoms with van der Waals surface area (Å²) in [5, 5.41) is 11.1. The Bertz CT molecular complexity index is 7970. The molecule has 15 heteroatoms. The second kappa shape index (κ2) is 49.8. The Hall–Kier alpha value is -13.2. The number of aromatic nitrogens is 6. The van der Waals surface area contributed by atoms with Gasteiger partial charge in [-0.15, -0.1) is 161 Å². The zero-order chi connectivity index (χ0) is 99.7. The number of pyridine rings is 6. The van der Waals surface area contributed by atoms with E-state index in [1.54, 1.807) is 18.6 Å². The van der Waals surface area contributed by atoms with Crippen LogP contribution in [0, 0.1) is 49.2 Å². The zero-order valence-corrected chi connectivity index (χ0v) is 96.0. The Balaban J connectivity index is 0.000000138. The number of hydrogen-bond acceptors (Lipinski definition) is 9. The second-order valence-electron chi connectivity index (χ2n) is 40.8. The van der Waals surface area contributed by atoms with Crippen molar-refractivity contribution in [3.05, 3.63) is 475 Å². The molecule has 0 aliphatic rings. The van der Waals surface area contributed by atoms with Crippen molar-refractivity contribution in [3.8, 4) is 78.7 Å². The molecule has 3 radical (unpaired) electrons. The minimum absolute atomic E-state index is 0. The fraction of sp³-hybridized carbons (Fsp3) is 0.176. The van der Waals surface area contributed by atoms with E-state index >= 15 is 0 Å². The summed E-state index contributed by atoms with van der Waals surface area (Å²) >= 11 is 0. The van der Waals surface area contributed by atoms with E-state index in [1.165, 1.54) is 82.3 Å². The molecule has 0 spiro atoms. The van der Waals surface area contributed by atoms with Crippen LogP contribution in [0.5, 0.6) is 0 Å². The van der Waals surface area contributed by atoms with Gasteiger partial charge in [-0.1, -0.05) is 369 Å². The Kier molecular flexibility index (Phi) is 37.0. The largest absolute Gasteiger partial charge is 0.501 e. The van der Waals surface area contributed by atoms with E-state index < -0.39 is 24.2 Å². The van der Waals surface area contributed by atoms with Crippen LogP contribution in [0.15, 0.2) is 396 Å². The molecule has 0 aliphatic heterocycles. The second-order valence-corrected chi connectivity index (χ2v) is 55.9. The van der Waals surface area contributed by atoms with Crippen molar-refractivity contribution in [2.75, 3.05) is 0 Å². The van der Waals surface area contributed by atoms with Crippen molar-refractivity contribution in [2.24, 2.45) is 5.92 Å². The molecule has 0 amide bonds. The van der Waals surface area contributed by atoms with E-state index in [1.807, 2.05) is 127 Å². The average Bonchev–Trinajstić information content (AvgIpc) is 1.61. The summed E-state index contributed by atoms with van der Waals surface area (Å²) in [5.74, 6) is 1.70. The summed E-state index contributed by atoms with van der Waals surface area (Å²) in [4.78, 5) is 27.5. The predicted octanol–water partition coefficient (Wildman–Crippen LogP) is 32.8. The molecule has 0 atom stereocenters. The molecule has 22 aromatic rings. The van der Waals surface area contributed by atoms with E-state index in [0.717, 1.165) is 159 Å². The van der Waals surface area contributed by atoms with Crippen LogP contribution in [0.4, 0.5) is 0 Å². The number of para-hydroxylation sites is 1. The Morgan fingerprint density at radius 2 is 0.705 bits per heavy atom. The summed E-state index contributed by atoms with van der Waals surface area (Å²) in [6.45, 7) is 37.2. The van der Waals surface area contributed by atoms with Crippen LogP contribution in [-0.2, 0) is 86.0 Å². The number of benzene rings is 13. The smallest absolute Gasteiger partial charge is 0.124 e. The van der Waals surface area contributed by atoms with E-state index in [-0.39, 0.29) is 60.3 Å². The first-order valence-electron chi connectivity index (χ1n) is 49.7. The summed E-state index contributed by atoms with van der Waals surface area (Å²) < 4.78 is 18.8. The van der Waals surface area contributed by atoms with Crippen LogP contribution < -0.4 is 15.6 Å². The molecule has 9 nitrogen and oxygen atoms in total. The molecule has 9 heterocycles. The first-order valence-corrected chi connectivity index (χ1v) is 60.2. The van der Waals surface area contributed by atoms with Crippen molar-refractivity contribution in [2.45, 2.75) is 145 Å². The zero-order valence-electron chi connectivity index (χ0n) is 85.8. The quantitative estimate of drug-likeness (QED) is 0.0543. The standard InChI is InChI=1S/3C24H16NO.C23H26NSi.2C18H24NSi.3Ir/c1-2-8-17(9-3-1)16-18-10-6-11-19-20-12-7-13-21(24(20)26-23(18)19)22-14-4-5-15-25-22;1-2-7-17(8-3-1)15-18-12-13-19-20-9-6-10-21(22-11-4-5-14-25-22)24(20)26-23(19)16-18;1-2-7-17(8-3-1)15-18-12-13-23-21(16-18)19-9-6-10-20(24(19)26-23)22-11-4-5-14-25-22;1-17(2)21-15-22(24-16-23(21)25(3,4)5)20-13-9-12-19(14-20)18-10-7-6-8-11-18;1-13(2)16-11-17(15-9-7-14(3)8-10-15)19-12-18(16)20(4,5)6;1-14(2)11-16-12-17(15-9-7-6-8-10-15)19-13-18(16)20(3,4)5;;;/h1-12,14-15H,16H2;2*1-9,11-14,16H,15H2;6-12,14-17H,1-5H3;7-9,11-13H,1-6H3;6-9,12-14H,11H2,1-5H3;;;/q6*-1;;;. The first-order chi connectivity index (χ1) is 69.2. The van der Waals surface area contributed by atoms with Crippen molar-refractivity contribution in [3.63, 3.8) is 0 Å². The molecule has 13 aromatic carbocycles. The fourth-order valence-electron chi connectivity index (χ4n) is 18.4. The summed E-state index contributed by atoms with van der Waals surface area (Å²) in [6.07, 6.45) is 15.5. The van der Waals surface area contributed by atoms with Gasteiger partial charge in [-0.05, 0) is 162 Å². The van der Waals surface area contributed by atoms with Gasteiger partial charge < -0.3 is 43.2 Å². The molecule has 9 aromatic heterocycles.